The number of ether oxygens (including phenoxy) is 2. The summed E-state index contributed by atoms with van der Waals surface area (Å²) >= 11 is 0. The number of H-pyrrole nitrogens is 2. The molecule has 2 rings (SSSR count). The Balaban J connectivity index is 2.54. The molecular formula is C15H18N2O5. The fourth-order valence-corrected chi connectivity index (χ4v) is 2.42. The van der Waals surface area contributed by atoms with E-state index >= 15 is 0 Å². The monoisotopic (exact) mass is 306 g/mol. The first kappa shape index (κ1) is 15.7. The highest BCUT2D eigenvalue weighted by atomic mass is 16.5. The molecule has 0 radical (unpaired) electrons. The Labute approximate surface area is 126 Å². The van der Waals surface area contributed by atoms with Gasteiger partial charge in [0.2, 0.25) is 0 Å². The lowest BCUT2D eigenvalue weighted by atomic mass is 9.88. The number of phenolic OH excluding ortho intramolecular Hbond substituents is 1. The standard InChI is InChI=1S/C15H18N2O5/c1-8-14(15(20)17-16-8)10(7-13(19)22-3)9-4-5-11(18)12(6-9)21-2/h4-6,10,18H,7H2,1-3H3,(H2,16,17,20). The van der Waals surface area contributed by atoms with E-state index in [-0.39, 0.29) is 23.5 Å². The SMILES string of the molecule is COC(=O)CC(c1ccc(O)c(OC)c1)c1c(C)[nH][nH]c1=O. The quantitative estimate of drug-likeness (QED) is 0.725. The Morgan fingerprint density at radius 1 is 1.32 bits per heavy atom. The van der Waals surface area contributed by atoms with Crippen molar-refractivity contribution in [1.29, 1.82) is 0 Å². The second kappa shape index (κ2) is 6.38. The number of hydrogen-bond donors (Lipinski definition) is 3. The summed E-state index contributed by atoms with van der Waals surface area (Å²) in [5.41, 5.74) is 1.48. The molecule has 1 aromatic carbocycles. The summed E-state index contributed by atoms with van der Waals surface area (Å²) in [6, 6.07) is 4.72. The molecule has 0 aliphatic rings. The molecule has 0 spiro atoms. The number of aromatic amines is 2. The third-order valence-electron chi connectivity index (χ3n) is 3.57. The van der Waals surface area contributed by atoms with Crippen molar-refractivity contribution in [3.05, 3.63) is 45.4 Å². The van der Waals surface area contributed by atoms with E-state index in [1.807, 2.05) is 0 Å². The largest absolute Gasteiger partial charge is 0.504 e. The lowest BCUT2D eigenvalue weighted by molar-refractivity contribution is -0.140. The van der Waals surface area contributed by atoms with Gasteiger partial charge in [-0.1, -0.05) is 6.07 Å². The zero-order chi connectivity index (χ0) is 16.3. The first-order valence-corrected chi connectivity index (χ1v) is 6.68. The van der Waals surface area contributed by atoms with Gasteiger partial charge in [0.15, 0.2) is 11.5 Å². The van der Waals surface area contributed by atoms with Crippen LogP contribution in [0.15, 0.2) is 23.0 Å². The molecule has 0 saturated carbocycles. The molecule has 7 heteroatoms. The number of hydrogen-bond acceptors (Lipinski definition) is 5. The molecule has 0 saturated heterocycles. The summed E-state index contributed by atoms with van der Waals surface area (Å²) in [5, 5.41) is 14.9. The van der Waals surface area contributed by atoms with Crippen LogP contribution < -0.4 is 10.3 Å². The van der Waals surface area contributed by atoms with E-state index in [2.05, 4.69) is 10.2 Å². The summed E-state index contributed by atoms with van der Waals surface area (Å²) in [6.07, 6.45) is 0.00615. The minimum atomic E-state index is -0.503. The molecule has 1 unspecified atom stereocenters. The number of nitrogens with one attached hydrogen (secondary N) is 2. The van der Waals surface area contributed by atoms with Crippen LogP contribution in [-0.2, 0) is 9.53 Å². The smallest absolute Gasteiger partial charge is 0.306 e. The van der Waals surface area contributed by atoms with Crippen LogP contribution in [0, 0.1) is 6.92 Å². The average Bonchev–Trinajstić information content (AvgIpc) is 2.84. The molecular weight excluding hydrogens is 288 g/mol. The van der Waals surface area contributed by atoms with Gasteiger partial charge in [-0.2, -0.15) is 0 Å². The number of esters is 1. The predicted molar refractivity (Wildman–Crippen MR) is 79.3 cm³/mol. The van der Waals surface area contributed by atoms with E-state index in [0.29, 0.717) is 16.8 Å². The Kier molecular flexibility index (Phi) is 4.55. The molecule has 0 bridgehead atoms. The molecule has 3 N–H and O–H groups in total. The van der Waals surface area contributed by atoms with Gasteiger partial charge in [-0.3, -0.25) is 14.7 Å². The third kappa shape index (κ3) is 2.98. The fraction of sp³-hybridized carbons (Fsp3) is 0.333. The maximum Gasteiger partial charge on any atom is 0.306 e. The maximum atomic E-state index is 12.0. The number of methoxy groups -OCH3 is 2. The van der Waals surface area contributed by atoms with Crippen LogP contribution >= 0.6 is 0 Å². The average molecular weight is 306 g/mol. The van der Waals surface area contributed by atoms with Gasteiger partial charge in [-0.25, -0.2) is 0 Å². The zero-order valence-electron chi connectivity index (χ0n) is 12.6. The second-order valence-corrected chi connectivity index (χ2v) is 4.88. The van der Waals surface area contributed by atoms with Crippen LogP contribution in [0.4, 0.5) is 0 Å². The molecule has 118 valence electrons. The van der Waals surface area contributed by atoms with Crippen LogP contribution in [0.5, 0.6) is 11.5 Å². The summed E-state index contributed by atoms with van der Waals surface area (Å²) in [5.74, 6) is -0.672. The van der Waals surface area contributed by atoms with E-state index < -0.39 is 11.9 Å². The van der Waals surface area contributed by atoms with E-state index in [4.69, 9.17) is 9.47 Å². The molecule has 0 fully saturated rings. The molecule has 1 atom stereocenters. The Morgan fingerprint density at radius 3 is 2.59 bits per heavy atom. The van der Waals surface area contributed by atoms with Gasteiger partial charge in [-0.15, -0.1) is 0 Å². The molecule has 0 amide bonds. The Hall–Kier alpha value is -2.70. The van der Waals surface area contributed by atoms with Gasteiger partial charge in [0.1, 0.15) is 0 Å². The van der Waals surface area contributed by atoms with Gasteiger partial charge in [0.05, 0.1) is 20.6 Å². The summed E-state index contributed by atoms with van der Waals surface area (Å²) in [4.78, 5) is 23.7. The lowest BCUT2D eigenvalue weighted by Crippen LogP contribution is -2.17. The number of carbonyl (C=O) groups excluding carboxylic acids is 1. The number of aromatic hydroxyl groups is 1. The normalized spacial score (nSPS) is 12.0. The van der Waals surface area contributed by atoms with E-state index in [0.717, 1.165) is 0 Å². The number of aromatic nitrogens is 2. The molecule has 7 nitrogen and oxygen atoms in total. The third-order valence-corrected chi connectivity index (χ3v) is 3.57. The topological polar surface area (TPSA) is 104 Å². The van der Waals surface area contributed by atoms with Crippen molar-refractivity contribution in [2.75, 3.05) is 14.2 Å². The van der Waals surface area contributed by atoms with Gasteiger partial charge < -0.3 is 19.7 Å². The number of phenols is 1. The van der Waals surface area contributed by atoms with Crippen molar-refractivity contribution in [2.45, 2.75) is 19.3 Å². The minimum Gasteiger partial charge on any atom is -0.504 e. The number of aryl methyl sites for hydroxylation is 1. The van der Waals surface area contributed by atoms with Crippen molar-refractivity contribution >= 4 is 5.97 Å². The highest BCUT2D eigenvalue weighted by molar-refractivity contribution is 5.71. The van der Waals surface area contributed by atoms with Crippen LogP contribution in [0.3, 0.4) is 0 Å². The van der Waals surface area contributed by atoms with Crippen LogP contribution in [0.25, 0.3) is 0 Å². The number of carbonyl (C=O) groups is 1. The zero-order valence-corrected chi connectivity index (χ0v) is 12.6. The molecule has 2 aromatic rings. The van der Waals surface area contributed by atoms with Gasteiger partial charge in [0, 0.05) is 17.2 Å². The second-order valence-electron chi connectivity index (χ2n) is 4.88. The van der Waals surface area contributed by atoms with Crippen LogP contribution in [-0.4, -0.2) is 35.5 Å². The summed E-state index contributed by atoms with van der Waals surface area (Å²) < 4.78 is 9.80. The maximum absolute atomic E-state index is 12.0. The van der Waals surface area contributed by atoms with Gasteiger partial charge >= 0.3 is 5.97 Å². The summed E-state index contributed by atoms with van der Waals surface area (Å²) in [6.45, 7) is 1.75. The Bertz CT molecular complexity index is 732. The summed E-state index contributed by atoms with van der Waals surface area (Å²) in [7, 11) is 2.73. The lowest BCUT2D eigenvalue weighted by Gasteiger charge is -2.16. The van der Waals surface area contributed by atoms with Crippen molar-refractivity contribution in [3.63, 3.8) is 0 Å². The molecule has 0 aliphatic heterocycles. The van der Waals surface area contributed by atoms with E-state index in [1.165, 1.54) is 20.3 Å². The van der Waals surface area contributed by atoms with Crippen molar-refractivity contribution in [3.8, 4) is 11.5 Å². The fourth-order valence-electron chi connectivity index (χ4n) is 2.42. The van der Waals surface area contributed by atoms with Crippen LogP contribution in [0.1, 0.15) is 29.2 Å². The molecule has 0 aliphatic carbocycles. The highest BCUT2D eigenvalue weighted by Gasteiger charge is 2.25. The molecule has 1 heterocycles. The molecule has 22 heavy (non-hydrogen) atoms. The van der Waals surface area contributed by atoms with Crippen molar-refractivity contribution < 1.29 is 19.4 Å². The number of benzene rings is 1. The molecule has 1 aromatic heterocycles. The van der Waals surface area contributed by atoms with Gasteiger partial charge in [-0.05, 0) is 24.6 Å². The predicted octanol–water partition coefficient (Wildman–Crippen LogP) is 1.42. The first-order valence-electron chi connectivity index (χ1n) is 6.68. The van der Waals surface area contributed by atoms with E-state index in [1.54, 1.807) is 19.1 Å². The van der Waals surface area contributed by atoms with Crippen molar-refractivity contribution in [2.24, 2.45) is 0 Å². The minimum absolute atomic E-state index is 0.00615. The van der Waals surface area contributed by atoms with E-state index in [9.17, 15) is 14.7 Å². The first-order chi connectivity index (χ1) is 10.5. The van der Waals surface area contributed by atoms with Crippen molar-refractivity contribution in [1.82, 2.24) is 10.2 Å². The Morgan fingerprint density at radius 2 is 2.05 bits per heavy atom. The van der Waals surface area contributed by atoms with Gasteiger partial charge in [0.25, 0.3) is 5.56 Å². The number of rotatable bonds is 5. The highest BCUT2D eigenvalue weighted by Crippen LogP contribution is 2.34. The van der Waals surface area contributed by atoms with Crippen LogP contribution in [0.2, 0.25) is 0 Å².